The van der Waals surface area contributed by atoms with Gasteiger partial charge in [-0.1, -0.05) is 102 Å². The molecule has 0 aromatic heterocycles. The number of hydrogen-bond donors (Lipinski definition) is 0. The average Bonchev–Trinajstić information content (AvgIpc) is 3.44. The summed E-state index contributed by atoms with van der Waals surface area (Å²) in [5, 5.41) is 0. The molecule has 7 aliphatic carbocycles. The molecule has 52 heavy (non-hydrogen) atoms. The number of anilines is 2. The Bertz CT molecular complexity index is 2230. The standard InChI is InChI=1S/C48H48BNO2/c1-45(2,3)29-14-16-38-35(18-29)49-36-19-30(46(4,5)6)15-17-39(36)52-41-21-31(20-40(51-38)43(41)49)50-37-13-8-7-10-32(37)33-11-9-12-34(44(33)50)47-22-27-24-48(26-47)25-28(23-47)42(27)48/h7-21,27-28,33,42,44H,22-26H2,1-6H3. The summed E-state index contributed by atoms with van der Waals surface area (Å²) in [4.78, 5) is 2.69. The molecule has 0 amide bonds. The van der Waals surface area contributed by atoms with Gasteiger partial charge in [-0.3, -0.25) is 0 Å². The number of rotatable bonds is 2. The summed E-state index contributed by atoms with van der Waals surface area (Å²) in [5.74, 6) is 7.06. The molecule has 14 rings (SSSR count). The third-order valence-electron chi connectivity index (χ3n) is 15.2. The molecule has 4 aromatic carbocycles. The molecule has 3 aliphatic heterocycles. The van der Waals surface area contributed by atoms with Crippen molar-refractivity contribution < 1.29 is 9.47 Å². The molecule has 4 unspecified atom stereocenters. The summed E-state index contributed by atoms with van der Waals surface area (Å²) in [6.45, 7) is 13.8. The van der Waals surface area contributed by atoms with Crippen molar-refractivity contribution in [3.8, 4) is 23.0 Å². The molecule has 4 heteroatoms. The van der Waals surface area contributed by atoms with Crippen LogP contribution in [-0.2, 0) is 10.8 Å². The first kappa shape index (κ1) is 30.3. The van der Waals surface area contributed by atoms with Crippen molar-refractivity contribution >= 4 is 34.5 Å². The topological polar surface area (TPSA) is 21.7 Å². The van der Waals surface area contributed by atoms with Crippen LogP contribution >= 0.6 is 0 Å². The molecule has 5 bridgehead atoms. The fraction of sp³-hybridized carbons (Fsp3) is 0.417. The Kier molecular flexibility index (Phi) is 5.53. The monoisotopic (exact) mass is 681 g/mol. The van der Waals surface area contributed by atoms with Crippen molar-refractivity contribution in [1.29, 1.82) is 0 Å². The molecular weight excluding hydrogens is 633 g/mol. The summed E-state index contributed by atoms with van der Waals surface area (Å²) in [5.41, 5.74) is 13.0. The van der Waals surface area contributed by atoms with Crippen LogP contribution in [0, 0.1) is 28.6 Å². The Balaban J connectivity index is 1.03. The first-order valence-corrected chi connectivity index (χ1v) is 20.0. The maximum absolute atomic E-state index is 7.02. The van der Waals surface area contributed by atoms with Gasteiger partial charge in [-0.2, -0.15) is 0 Å². The van der Waals surface area contributed by atoms with Crippen molar-refractivity contribution in [2.75, 3.05) is 4.90 Å². The van der Waals surface area contributed by atoms with E-state index in [0.29, 0.717) is 16.7 Å². The van der Waals surface area contributed by atoms with Crippen LogP contribution in [0.25, 0.3) is 0 Å². The minimum atomic E-state index is 0.0281. The second-order valence-corrected chi connectivity index (χ2v) is 20.1. The van der Waals surface area contributed by atoms with Gasteiger partial charge in [0.25, 0.3) is 6.71 Å². The molecule has 6 saturated carbocycles. The first-order valence-electron chi connectivity index (χ1n) is 20.0. The average molecular weight is 682 g/mol. The van der Waals surface area contributed by atoms with Gasteiger partial charge in [0.2, 0.25) is 0 Å². The summed E-state index contributed by atoms with van der Waals surface area (Å²) in [6.07, 6.45) is 14.6. The molecule has 3 nitrogen and oxygen atoms in total. The largest absolute Gasteiger partial charge is 0.458 e. The number of para-hydroxylation sites is 1. The number of hydrogen-bond acceptors (Lipinski definition) is 3. The number of ether oxygens (including phenoxy) is 2. The molecule has 3 heterocycles. The van der Waals surface area contributed by atoms with Crippen LogP contribution in [0.1, 0.15) is 96.3 Å². The van der Waals surface area contributed by atoms with Crippen LogP contribution < -0.4 is 30.8 Å². The lowest BCUT2D eigenvalue weighted by molar-refractivity contribution is -0.300. The van der Waals surface area contributed by atoms with Gasteiger partial charge in [0.15, 0.2) is 0 Å². The highest BCUT2D eigenvalue weighted by atomic mass is 16.5. The van der Waals surface area contributed by atoms with Gasteiger partial charge in [-0.05, 0) is 123 Å². The maximum Gasteiger partial charge on any atom is 0.260 e. The van der Waals surface area contributed by atoms with E-state index in [0.717, 1.165) is 46.2 Å². The summed E-state index contributed by atoms with van der Waals surface area (Å²) in [6, 6.07) is 27.9. The maximum atomic E-state index is 7.02. The molecule has 4 atom stereocenters. The summed E-state index contributed by atoms with van der Waals surface area (Å²) >= 11 is 0. The number of fused-ring (bicyclic) bond motifs is 7. The fourth-order valence-corrected chi connectivity index (χ4v) is 13.4. The minimum absolute atomic E-state index is 0.0281. The Morgan fingerprint density at radius 2 is 1.33 bits per heavy atom. The van der Waals surface area contributed by atoms with E-state index in [4.69, 9.17) is 9.47 Å². The third kappa shape index (κ3) is 3.74. The molecule has 0 radical (unpaired) electrons. The van der Waals surface area contributed by atoms with Gasteiger partial charge < -0.3 is 14.4 Å². The zero-order valence-electron chi connectivity index (χ0n) is 31.4. The zero-order chi connectivity index (χ0) is 35.1. The molecule has 10 aliphatic rings. The van der Waals surface area contributed by atoms with Crippen molar-refractivity contribution in [3.05, 3.63) is 113 Å². The molecule has 0 N–H and O–H groups in total. The third-order valence-corrected chi connectivity index (χ3v) is 15.2. The lowest BCUT2D eigenvalue weighted by atomic mass is 9.24. The van der Waals surface area contributed by atoms with Crippen LogP contribution in [0.15, 0.2) is 96.6 Å². The highest BCUT2D eigenvalue weighted by molar-refractivity contribution is 6.98. The van der Waals surface area contributed by atoms with E-state index in [2.05, 4.69) is 137 Å². The second kappa shape index (κ2) is 9.48. The van der Waals surface area contributed by atoms with Crippen LogP contribution in [0.5, 0.6) is 23.0 Å². The highest BCUT2D eigenvalue weighted by Gasteiger charge is 2.76. The minimum Gasteiger partial charge on any atom is -0.458 e. The van der Waals surface area contributed by atoms with E-state index in [1.807, 2.05) is 0 Å². The van der Waals surface area contributed by atoms with E-state index < -0.39 is 0 Å². The van der Waals surface area contributed by atoms with Crippen molar-refractivity contribution in [2.24, 2.45) is 28.6 Å². The molecule has 6 fully saturated rings. The molecule has 0 saturated heterocycles. The molecule has 1 spiro atoms. The quantitative estimate of drug-likeness (QED) is 0.170. The van der Waals surface area contributed by atoms with E-state index in [1.165, 1.54) is 71.1 Å². The SMILES string of the molecule is CC(C)(C)c1ccc2c(c1)B1c3cc(C(C)(C)C)ccc3Oc3cc(N4c5ccccc5C5C=CC=C(C67CC8CC9(CC(C6)C89)C7)C54)cc(c31)O2. The summed E-state index contributed by atoms with van der Waals surface area (Å²) in [7, 11) is 0. The van der Waals surface area contributed by atoms with Gasteiger partial charge >= 0.3 is 0 Å². The van der Waals surface area contributed by atoms with E-state index in [9.17, 15) is 0 Å². The molecule has 260 valence electrons. The molecular formula is C48H48BNO2. The normalized spacial score (nSPS) is 31.9. The Morgan fingerprint density at radius 3 is 1.92 bits per heavy atom. The van der Waals surface area contributed by atoms with Crippen molar-refractivity contribution in [2.45, 2.75) is 96.4 Å². The Morgan fingerprint density at radius 1 is 0.712 bits per heavy atom. The number of benzene rings is 4. The zero-order valence-corrected chi connectivity index (χ0v) is 31.4. The van der Waals surface area contributed by atoms with Gasteiger partial charge in [0.1, 0.15) is 23.0 Å². The Labute approximate surface area is 309 Å². The van der Waals surface area contributed by atoms with Gasteiger partial charge in [0.05, 0.1) is 6.04 Å². The lowest BCUT2D eigenvalue weighted by Gasteiger charge is -2.81. The van der Waals surface area contributed by atoms with Crippen molar-refractivity contribution in [1.82, 2.24) is 0 Å². The second-order valence-electron chi connectivity index (χ2n) is 20.1. The predicted molar refractivity (Wildman–Crippen MR) is 212 cm³/mol. The fourth-order valence-electron chi connectivity index (χ4n) is 13.4. The first-order chi connectivity index (χ1) is 24.9. The van der Waals surface area contributed by atoms with Gasteiger partial charge in [-0.15, -0.1) is 0 Å². The smallest absolute Gasteiger partial charge is 0.260 e. The molecule has 4 aromatic rings. The van der Waals surface area contributed by atoms with E-state index in [-0.39, 0.29) is 23.6 Å². The predicted octanol–water partition coefficient (Wildman–Crippen LogP) is 9.94. The van der Waals surface area contributed by atoms with E-state index in [1.54, 1.807) is 5.57 Å². The lowest BCUT2D eigenvalue weighted by Crippen LogP contribution is -2.73. The van der Waals surface area contributed by atoms with Crippen molar-refractivity contribution in [3.63, 3.8) is 0 Å². The Hall–Kier alpha value is -4.18. The van der Waals surface area contributed by atoms with Crippen LogP contribution in [0.4, 0.5) is 11.4 Å². The van der Waals surface area contributed by atoms with Gasteiger partial charge in [-0.25, -0.2) is 0 Å². The van der Waals surface area contributed by atoms with E-state index >= 15 is 0 Å². The van der Waals surface area contributed by atoms with Crippen LogP contribution in [0.3, 0.4) is 0 Å². The highest BCUT2D eigenvalue weighted by Crippen LogP contribution is 2.84. The van der Waals surface area contributed by atoms with Crippen LogP contribution in [-0.4, -0.2) is 12.8 Å². The number of allylic oxidation sites excluding steroid dienone is 2. The van der Waals surface area contributed by atoms with Gasteiger partial charge in [0, 0.05) is 34.9 Å². The number of nitrogens with zero attached hydrogens (tertiary/aromatic N) is 1. The van der Waals surface area contributed by atoms with Crippen LogP contribution in [0.2, 0.25) is 0 Å². The summed E-state index contributed by atoms with van der Waals surface area (Å²) < 4.78 is 14.0.